The summed E-state index contributed by atoms with van der Waals surface area (Å²) < 4.78 is 7.09. The van der Waals surface area contributed by atoms with Gasteiger partial charge in [-0.2, -0.15) is 5.10 Å². The highest BCUT2D eigenvalue weighted by Crippen LogP contribution is 2.32. The maximum absolute atomic E-state index is 6.08. The molecule has 0 fully saturated rings. The summed E-state index contributed by atoms with van der Waals surface area (Å²) in [5.74, 6) is 0.749. The molecule has 1 aromatic carbocycles. The molecule has 2 N–H and O–H groups in total. The lowest BCUT2D eigenvalue weighted by atomic mass is 10.1. The van der Waals surface area contributed by atoms with Crippen LogP contribution >= 0.6 is 0 Å². The Morgan fingerprint density at radius 3 is 2.60 bits per heavy atom. The first-order valence-corrected chi connectivity index (χ1v) is 6.18. The van der Waals surface area contributed by atoms with Gasteiger partial charge in [-0.3, -0.25) is 4.98 Å². The van der Waals surface area contributed by atoms with E-state index in [1.54, 1.807) is 30.4 Å². The first-order chi connectivity index (χ1) is 9.79. The number of ether oxygens (including phenoxy) is 1. The normalized spacial score (nSPS) is 10.4. The van der Waals surface area contributed by atoms with Crippen LogP contribution in [0.15, 0.2) is 55.0 Å². The number of rotatable bonds is 3. The largest absolute Gasteiger partial charge is 0.496 e. The van der Waals surface area contributed by atoms with Crippen LogP contribution in [0, 0.1) is 0 Å². The van der Waals surface area contributed by atoms with Crippen molar-refractivity contribution in [2.45, 2.75) is 0 Å². The second-order valence-electron chi connectivity index (χ2n) is 4.28. The highest BCUT2D eigenvalue weighted by Gasteiger charge is 2.13. The van der Waals surface area contributed by atoms with Crippen LogP contribution in [0.4, 0.5) is 5.69 Å². The fourth-order valence-electron chi connectivity index (χ4n) is 2.07. The van der Waals surface area contributed by atoms with Crippen LogP contribution in [-0.4, -0.2) is 21.9 Å². The lowest BCUT2D eigenvalue weighted by Gasteiger charge is -2.06. The summed E-state index contributed by atoms with van der Waals surface area (Å²) in [7, 11) is 1.63. The number of para-hydroxylation sites is 1. The maximum Gasteiger partial charge on any atom is 0.128 e. The van der Waals surface area contributed by atoms with E-state index in [1.165, 1.54) is 0 Å². The van der Waals surface area contributed by atoms with Gasteiger partial charge in [-0.05, 0) is 24.3 Å². The Labute approximate surface area is 116 Å². The molecular weight excluding hydrogens is 252 g/mol. The lowest BCUT2D eigenvalue weighted by Crippen LogP contribution is -1.95. The van der Waals surface area contributed by atoms with Crippen LogP contribution in [0.3, 0.4) is 0 Å². The molecule has 0 saturated heterocycles. The average molecular weight is 266 g/mol. The minimum absolute atomic E-state index is 0.603. The van der Waals surface area contributed by atoms with E-state index in [0.717, 1.165) is 17.0 Å². The van der Waals surface area contributed by atoms with Gasteiger partial charge in [-0.15, -0.1) is 0 Å². The molecule has 2 aromatic heterocycles. The Balaban J connectivity index is 2.10. The summed E-state index contributed by atoms with van der Waals surface area (Å²) in [6, 6.07) is 11.4. The molecule has 3 rings (SSSR count). The number of nitrogens with zero attached hydrogens (tertiary/aromatic N) is 3. The van der Waals surface area contributed by atoms with Crippen LogP contribution < -0.4 is 10.5 Å². The quantitative estimate of drug-likeness (QED) is 0.791. The molecule has 3 aromatic rings. The number of benzene rings is 1. The molecule has 0 aliphatic heterocycles. The molecule has 0 amide bonds. The molecule has 0 bridgehead atoms. The zero-order valence-corrected chi connectivity index (χ0v) is 11.0. The minimum Gasteiger partial charge on any atom is -0.496 e. The van der Waals surface area contributed by atoms with E-state index in [1.807, 2.05) is 36.4 Å². The van der Waals surface area contributed by atoms with Crippen molar-refractivity contribution in [1.29, 1.82) is 0 Å². The zero-order chi connectivity index (χ0) is 13.9. The molecule has 0 atom stereocenters. The van der Waals surface area contributed by atoms with Gasteiger partial charge in [-0.25, -0.2) is 4.68 Å². The average Bonchev–Trinajstić information content (AvgIpc) is 2.90. The van der Waals surface area contributed by atoms with Crippen LogP contribution in [0.2, 0.25) is 0 Å². The number of pyridine rings is 1. The highest BCUT2D eigenvalue weighted by molar-refractivity contribution is 5.77. The monoisotopic (exact) mass is 266 g/mol. The highest BCUT2D eigenvalue weighted by atomic mass is 16.5. The van der Waals surface area contributed by atoms with E-state index in [-0.39, 0.29) is 0 Å². The Hall–Kier alpha value is -2.82. The molecule has 0 saturated carbocycles. The summed E-state index contributed by atoms with van der Waals surface area (Å²) >= 11 is 0. The van der Waals surface area contributed by atoms with E-state index in [9.17, 15) is 0 Å². The Bertz CT molecular complexity index is 722. The van der Waals surface area contributed by atoms with E-state index >= 15 is 0 Å². The van der Waals surface area contributed by atoms with E-state index < -0.39 is 0 Å². The van der Waals surface area contributed by atoms with E-state index in [2.05, 4.69) is 10.1 Å². The number of hydrogen-bond donors (Lipinski definition) is 1. The molecule has 0 aliphatic carbocycles. The van der Waals surface area contributed by atoms with Gasteiger partial charge in [0.15, 0.2) is 0 Å². The van der Waals surface area contributed by atoms with Crippen molar-refractivity contribution in [2.75, 3.05) is 12.8 Å². The molecule has 5 heteroatoms. The first-order valence-electron chi connectivity index (χ1n) is 6.18. The van der Waals surface area contributed by atoms with Gasteiger partial charge in [-0.1, -0.05) is 12.1 Å². The van der Waals surface area contributed by atoms with Gasteiger partial charge >= 0.3 is 0 Å². The molecule has 100 valence electrons. The van der Waals surface area contributed by atoms with Crippen molar-refractivity contribution in [2.24, 2.45) is 0 Å². The molecule has 0 spiro atoms. The number of nitrogens with two attached hydrogens (primary N) is 1. The topological polar surface area (TPSA) is 66.0 Å². The van der Waals surface area contributed by atoms with Gasteiger partial charge in [0.1, 0.15) is 11.4 Å². The smallest absolute Gasteiger partial charge is 0.128 e. The molecule has 2 heterocycles. The van der Waals surface area contributed by atoms with Gasteiger partial charge in [0.25, 0.3) is 0 Å². The fraction of sp³-hybridized carbons (Fsp3) is 0.0667. The van der Waals surface area contributed by atoms with Gasteiger partial charge in [0.2, 0.25) is 0 Å². The zero-order valence-electron chi connectivity index (χ0n) is 11.0. The van der Waals surface area contributed by atoms with Crippen LogP contribution in [0.5, 0.6) is 5.75 Å². The third-order valence-electron chi connectivity index (χ3n) is 3.03. The van der Waals surface area contributed by atoms with Crippen molar-refractivity contribution < 1.29 is 4.74 Å². The van der Waals surface area contributed by atoms with Crippen molar-refractivity contribution >= 4 is 5.69 Å². The number of anilines is 1. The molecule has 0 unspecified atom stereocenters. The molecular formula is C15H14N4O. The molecule has 5 nitrogen and oxygen atoms in total. The summed E-state index contributed by atoms with van der Waals surface area (Å²) in [5.41, 5.74) is 9.18. The van der Waals surface area contributed by atoms with E-state index in [4.69, 9.17) is 10.5 Å². The predicted molar refractivity (Wildman–Crippen MR) is 77.8 cm³/mol. The molecule has 0 aliphatic rings. The van der Waals surface area contributed by atoms with Crippen molar-refractivity contribution in [3.63, 3.8) is 0 Å². The van der Waals surface area contributed by atoms with Crippen molar-refractivity contribution in [1.82, 2.24) is 14.8 Å². The number of aromatic nitrogens is 3. The third-order valence-corrected chi connectivity index (χ3v) is 3.03. The Kier molecular flexibility index (Phi) is 3.09. The molecule has 0 radical (unpaired) electrons. The Morgan fingerprint density at radius 2 is 1.85 bits per heavy atom. The fourth-order valence-corrected chi connectivity index (χ4v) is 2.07. The summed E-state index contributed by atoms with van der Waals surface area (Å²) in [4.78, 5) is 3.99. The summed E-state index contributed by atoms with van der Waals surface area (Å²) in [5, 5.41) is 4.54. The SMILES string of the molecule is COc1ccccc1-c1nn(-c2ccncc2)cc1N. The number of hydrogen-bond acceptors (Lipinski definition) is 4. The molecule has 20 heavy (non-hydrogen) atoms. The van der Waals surface area contributed by atoms with Gasteiger partial charge in [0.05, 0.1) is 24.7 Å². The van der Waals surface area contributed by atoms with Crippen molar-refractivity contribution in [3.05, 3.63) is 55.0 Å². The summed E-state index contributed by atoms with van der Waals surface area (Å²) in [6.45, 7) is 0. The summed E-state index contributed by atoms with van der Waals surface area (Å²) in [6.07, 6.45) is 5.23. The van der Waals surface area contributed by atoms with Gasteiger partial charge in [0, 0.05) is 18.0 Å². The first kappa shape index (κ1) is 12.2. The van der Waals surface area contributed by atoms with Crippen molar-refractivity contribution in [3.8, 4) is 22.7 Å². The van der Waals surface area contributed by atoms with E-state index in [0.29, 0.717) is 11.4 Å². The number of methoxy groups -OCH3 is 1. The second-order valence-corrected chi connectivity index (χ2v) is 4.28. The standard InChI is InChI=1S/C15H14N4O/c1-20-14-5-3-2-4-12(14)15-13(16)10-19(18-15)11-6-8-17-9-7-11/h2-10H,16H2,1H3. The maximum atomic E-state index is 6.08. The third kappa shape index (κ3) is 2.09. The van der Waals surface area contributed by atoms with Gasteiger partial charge < -0.3 is 10.5 Å². The number of nitrogen functional groups attached to an aromatic ring is 1. The van der Waals surface area contributed by atoms with Crippen LogP contribution in [0.1, 0.15) is 0 Å². The van der Waals surface area contributed by atoms with Crippen LogP contribution in [0.25, 0.3) is 16.9 Å². The minimum atomic E-state index is 0.603. The second kappa shape index (κ2) is 5.05. The predicted octanol–water partition coefficient (Wildman–Crippen LogP) is 2.53. The lowest BCUT2D eigenvalue weighted by molar-refractivity contribution is 0.416. The Morgan fingerprint density at radius 1 is 1.10 bits per heavy atom. The van der Waals surface area contributed by atoms with Crippen LogP contribution in [-0.2, 0) is 0 Å².